The predicted molar refractivity (Wildman–Crippen MR) is 129 cm³/mol. The molecule has 1 unspecified atom stereocenters. The second-order valence-corrected chi connectivity index (χ2v) is 8.76. The van der Waals surface area contributed by atoms with Gasteiger partial charge in [0.2, 0.25) is 5.91 Å². The normalized spacial score (nSPS) is 14.9. The number of aromatic nitrogens is 2. The third-order valence-corrected chi connectivity index (χ3v) is 6.65. The maximum Gasteiger partial charge on any atom is 0.279 e. The van der Waals surface area contributed by atoms with Gasteiger partial charge in [-0.15, -0.1) is 0 Å². The van der Waals surface area contributed by atoms with Gasteiger partial charge in [0.1, 0.15) is 11.6 Å². The topological polar surface area (TPSA) is 82.5 Å². The molecule has 3 aromatic rings. The Morgan fingerprint density at radius 1 is 1.09 bits per heavy atom. The lowest BCUT2D eigenvalue weighted by Gasteiger charge is -2.28. The fourth-order valence-corrected chi connectivity index (χ4v) is 4.88. The number of rotatable bonds is 8. The largest absolute Gasteiger partial charge is 0.490 e. The van der Waals surface area contributed by atoms with Crippen molar-refractivity contribution < 1.29 is 18.7 Å². The third kappa shape index (κ3) is 4.94. The molecular formula is C25H26FN3O4S. The third-order valence-electron chi connectivity index (χ3n) is 5.55. The summed E-state index contributed by atoms with van der Waals surface area (Å²) in [5.41, 5.74) is 1.75. The number of nitrogens with one attached hydrogen (secondary N) is 1. The van der Waals surface area contributed by atoms with Crippen LogP contribution in [0.25, 0.3) is 0 Å². The van der Waals surface area contributed by atoms with Gasteiger partial charge in [0.25, 0.3) is 5.56 Å². The molecule has 1 aromatic heterocycles. The highest BCUT2D eigenvalue weighted by Gasteiger charge is 2.32. The fourth-order valence-electron chi connectivity index (χ4n) is 3.96. The molecular weight excluding hydrogens is 457 g/mol. The standard InChI is InChI=1S/C25H26FN3O4S/c1-4-32-19-11-8-16(12-20(19)33-5-2)18-13-21(30)27-23-22(18)24(31)28-25(29(23)3)34-14-15-6-9-17(26)10-7-15/h6-12,18H,4-5,13-14H2,1-3H3,(H,27,30). The van der Waals surface area contributed by atoms with Gasteiger partial charge in [-0.2, -0.15) is 4.98 Å². The SMILES string of the molecule is CCOc1ccc(C2CC(=O)Nc3c2c(=O)nc(SCc2ccc(F)cc2)n3C)cc1OCC. The van der Waals surface area contributed by atoms with Gasteiger partial charge in [0, 0.05) is 25.1 Å². The van der Waals surface area contributed by atoms with Crippen LogP contribution in [0.1, 0.15) is 42.9 Å². The van der Waals surface area contributed by atoms with Crippen molar-refractivity contribution in [1.29, 1.82) is 0 Å². The van der Waals surface area contributed by atoms with Crippen LogP contribution in [0.2, 0.25) is 0 Å². The molecule has 0 bridgehead atoms. The molecule has 0 radical (unpaired) electrons. The monoisotopic (exact) mass is 483 g/mol. The molecule has 0 aliphatic carbocycles. The molecule has 1 N–H and O–H groups in total. The number of fused-ring (bicyclic) bond motifs is 1. The Hall–Kier alpha value is -3.33. The van der Waals surface area contributed by atoms with Gasteiger partial charge in [-0.25, -0.2) is 4.39 Å². The van der Waals surface area contributed by atoms with E-state index in [0.29, 0.717) is 47.0 Å². The summed E-state index contributed by atoms with van der Waals surface area (Å²) >= 11 is 1.35. The van der Waals surface area contributed by atoms with E-state index in [1.807, 2.05) is 26.0 Å². The van der Waals surface area contributed by atoms with Gasteiger partial charge in [-0.1, -0.05) is 30.0 Å². The number of hydrogen-bond acceptors (Lipinski definition) is 6. The molecule has 2 heterocycles. The maximum absolute atomic E-state index is 13.2. The molecule has 1 aliphatic heterocycles. The van der Waals surface area contributed by atoms with Crippen molar-refractivity contribution in [2.24, 2.45) is 7.05 Å². The Labute approximate surface area is 201 Å². The number of nitrogens with zero attached hydrogens (tertiary/aromatic N) is 2. The Morgan fingerprint density at radius 3 is 2.50 bits per heavy atom. The van der Waals surface area contributed by atoms with E-state index in [4.69, 9.17) is 9.47 Å². The predicted octanol–water partition coefficient (Wildman–Crippen LogP) is 4.48. The number of hydrogen-bond donors (Lipinski definition) is 1. The van der Waals surface area contributed by atoms with E-state index in [1.165, 1.54) is 23.9 Å². The number of amides is 1. The van der Waals surface area contributed by atoms with Gasteiger partial charge in [-0.05, 0) is 49.2 Å². The van der Waals surface area contributed by atoms with Crippen molar-refractivity contribution in [3.8, 4) is 11.5 Å². The van der Waals surface area contributed by atoms with Crippen molar-refractivity contribution in [3.63, 3.8) is 0 Å². The molecule has 9 heteroatoms. The number of ether oxygens (including phenoxy) is 2. The lowest BCUT2D eigenvalue weighted by molar-refractivity contribution is -0.116. The van der Waals surface area contributed by atoms with Crippen LogP contribution in [-0.2, 0) is 17.6 Å². The zero-order chi connectivity index (χ0) is 24.2. The first-order valence-corrected chi connectivity index (χ1v) is 12.1. The summed E-state index contributed by atoms with van der Waals surface area (Å²) in [6.45, 7) is 4.74. The molecule has 0 spiro atoms. The van der Waals surface area contributed by atoms with Gasteiger partial charge in [0.15, 0.2) is 16.7 Å². The van der Waals surface area contributed by atoms with Gasteiger partial charge < -0.3 is 19.4 Å². The molecule has 1 aliphatic rings. The molecule has 0 saturated carbocycles. The van der Waals surface area contributed by atoms with E-state index in [-0.39, 0.29) is 23.7 Å². The molecule has 4 rings (SSSR count). The molecule has 178 valence electrons. The minimum absolute atomic E-state index is 0.130. The first-order valence-electron chi connectivity index (χ1n) is 11.1. The highest BCUT2D eigenvalue weighted by molar-refractivity contribution is 7.98. The van der Waals surface area contributed by atoms with E-state index in [1.54, 1.807) is 29.8 Å². The van der Waals surface area contributed by atoms with Crippen LogP contribution in [0.4, 0.5) is 10.2 Å². The Balaban J connectivity index is 1.70. The van der Waals surface area contributed by atoms with Gasteiger partial charge in [-0.3, -0.25) is 9.59 Å². The zero-order valence-corrected chi connectivity index (χ0v) is 20.1. The van der Waals surface area contributed by atoms with E-state index < -0.39 is 5.92 Å². The van der Waals surface area contributed by atoms with Crippen LogP contribution >= 0.6 is 11.8 Å². The average Bonchev–Trinajstić information content (AvgIpc) is 2.82. The highest BCUT2D eigenvalue weighted by Crippen LogP contribution is 2.39. The van der Waals surface area contributed by atoms with Crippen molar-refractivity contribution in [2.75, 3.05) is 18.5 Å². The summed E-state index contributed by atoms with van der Waals surface area (Å²) in [6, 6.07) is 11.7. The zero-order valence-electron chi connectivity index (χ0n) is 19.3. The molecule has 0 fully saturated rings. The molecule has 7 nitrogen and oxygen atoms in total. The number of thioether (sulfide) groups is 1. The summed E-state index contributed by atoms with van der Waals surface area (Å²) in [5.74, 6) is 1.20. The summed E-state index contributed by atoms with van der Waals surface area (Å²) in [5, 5.41) is 3.32. The Kier molecular flexibility index (Phi) is 7.21. The van der Waals surface area contributed by atoms with Gasteiger partial charge >= 0.3 is 0 Å². The van der Waals surface area contributed by atoms with Crippen LogP contribution in [0.3, 0.4) is 0 Å². The molecule has 2 aromatic carbocycles. The van der Waals surface area contributed by atoms with E-state index >= 15 is 0 Å². The van der Waals surface area contributed by atoms with Crippen LogP contribution < -0.4 is 20.3 Å². The summed E-state index contributed by atoms with van der Waals surface area (Å²) in [6.07, 6.45) is 0.130. The second kappa shape index (κ2) is 10.3. The number of halogens is 1. The number of benzene rings is 2. The van der Waals surface area contributed by atoms with E-state index in [2.05, 4.69) is 10.3 Å². The molecule has 1 amide bonds. The molecule has 1 atom stereocenters. The van der Waals surface area contributed by atoms with Crippen molar-refractivity contribution in [2.45, 2.75) is 37.1 Å². The highest BCUT2D eigenvalue weighted by atomic mass is 32.2. The van der Waals surface area contributed by atoms with E-state index in [9.17, 15) is 14.0 Å². The van der Waals surface area contributed by atoms with Gasteiger partial charge in [0.05, 0.1) is 18.8 Å². The number of anilines is 1. The van der Waals surface area contributed by atoms with Crippen molar-refractivity contribution in [1.82, 2.24) is 9.55 Å². The smallest absolute Gasteiger partial charge is 0.279 e. The molecule has 34 heavy (non-hydrogen) atoms. The first kappa shape index (κ1) is 23.8. The number of carbonyl (C=O) groups excluding carboxylic acids is 1. The van der Waals surface area contributed by atoms with Crippen molar-refractivity contribution in [3.05, 3.63) is 75.3 Å². The lowest BCUT2D eigenvalue weighted by atomic mass is 9.86. The van der Waals surface area contributed by atoms with Crippen LogP contribution in [0.5, 0.6) is 11.5 Å². The Bertz CT molecular complexity index is 1260. The maximum atomic E-state index is 13.2. The van der Waals surface area contributed by atoms with E-state index in [0.717, 1.165) is 11.1 Å². The number of carbonyl (C=O) groups is 1. The quantitative estimate of drug-likeness (QED) is 0.376. The summed E-state index contributed by atoms with van der Waals surface area (Å²) in [4.78, 5) is 30.1. The average molecular weight is 484 g/mol. The second-order valence-electron chi connectivity index (χ2n) is 7.81. The Morgan fingerprint density at radius 2 is 1.79 bits per heavy atom. The van der Waals surface area contributed by atoms with Crippen molar-refractivity contribution >= 4 is 23.5 Å². The van der Waals surface area contributed by atoms with Crippen LogP contribution in [-0.4, -0.2) is 28.7 Å². The minimum Gasteiger partial charge on any atom is -0.490 e. The minimum atomic E-state index is -0.457. The van der Waals surface area contributed by atoms with Crippen LogP contribution in [0.15, 0.2) is 52.4 Å². The van der Waals surface area contributed by atoms with Crippen LogP contribution in [0, 0.1) is 5.82 Å². The fraction of sp³-hybridized carbons (Fsp3) is 0.320. The summed E-state index contributed by atoms with van der Waals surface area (Å²) < 4.78 is 26.3. The summed E-state index contributed by atoms with van der Waals surface area (Å²) in [7, 11) is 1.77. The molecule has 0 saturated heterocycles. The first-order chi connectivity index (χ1) is 16.4. The lowest BCUT2D eigenvalue weighted by Crippen LogP contribution is -2.33.